The number of hydrogen-bond donors (Lipinski definition) is 1. The molecule has 1 saturated heterocycles. The first-order valence-corrected chi connectivity index (χ1v) is 8.08. The van der Waals surface area contributed by atoms with Crippen molar-refractivity contribution in [3.8, 4) is 5.75 Å². The van der Waals surface area contributed by atoms with E-state index in [2.05, 4.69) is 0 Å². The van der Waals surface area contributed by atoms with Gasteiger partial charge in [0.25, 0.3) is 0 Å². The molecule has 7 heteroatoms. The summed E-state index contributed by atoms with van der Waals surface area (Å²) < 4.78 is 44.6. The van der Waals surface area contributed by atoms with Crippen LogP contribution >= 0.6 is 0 Å². The molecule has 1 aliphatic carbocycles. The second kappa shape index (κ2) is 4.88. The maximum absolute atomic E-state index is 12.9. The zero-order chi connectivity index (χ0) is 17.3. The molecule has 24 heavy (non-hydrogen) atoms. The number of aliphatic hydroxyl groups excluding tert-OH is 1. The monoisotopic (exact) mass is 341 g/mol. The van der Waals surface area contributed by atoms with Crippen LogP contribution in [-0.2, 0) is 17.5 Å². The summed E-state index contributed by atoms with van der Waals surface area (Å²) in [7, 11) is 0. The van der Waals surface area contributed by atoms with Gasteiger partial charge in [-0.15, -0.1) is 0 Å². The zero-order valence-electron chi connectivity index (χ0n) is 13.1. The van der Waals surface area contributed by atoms with Gasteiger partial charge in [-0.2, -0.15) is 13.2 Å². The summed E-state index contributed by atoms with van der Waals surface area (Å²) in [6, 6.07) is 3.39. The lowest BCUT2D eigenvalue weighted by Crippen LogP contribution is -2.42. The van der Waals surface area contributed by atoms with Gasteiger partial charge in [0.2, 0.25) is 5.91 Å². The molecule has 1 amide bonds. The number of halogens is 3. The fourth-order valence-electron chi connectivity index (χ4n) is 4.43. The van der Waals surface area contributed by atoms with E-state index in [1.54, 1.807) is 0 Å². The number of hydrogen-bond acceptors (Lipinski definition) is 3. The molecule has 1 saturated carbocycles. The van der Waals surface area contributed by atoms with E-state index >= 15 is 0 Å². The maximum atomic E-state index is 12.9. The van der Waals surface area contributed by atoms with Crippen LogP contribution in [0.25, 0.3) is 0 Å². The van der Waals surface area contributed by atoms with Crippen molar-refractivity contribution in [1.82, 2.24) is 4.90 Å². The number of carbonyl (C=O) groups excluding carboxylic acids is 1. The molecule has 2 fully saturated rings. The van der Waals surface area contributed by atoms with Crippen LogP contribution < -0.4 is 4.74 Å². The van der Waals surface area contributed by atoms with Crippen molar-refractivity contribution in [2.45, 2.75) is 51.2 Å². The highest BCUT2D eigenvalue weighted by molar-refractivity contribution is 5.86. The van der Waals surface area contributed by atoms with Crippen LogP contribution in [0.5, 0.6) is 5.75 Å². The van der Waals surface area contributed by atoms with E-state index in [0.717, 1.165) is 12.1 Å². The van der Waals surface area contributed by atoms with Crippen molar-refractivity contribution in [2.24, 2.45) is 11.3 Å². The fourth-order valence-corrected chi connectivity index (χ4v) is 4.43. The average molecular weight is 341 g/mol. The SMILES string of the molecule is CC1C2Oc3ccc(C(F)(F)F)cc3CN2C(=O)[C@]12CCC(O)C2. The minimum absolute atomic E-state index is 0.111. The summed E-state index contributed by atoms with van der Waals surface area (Å²) in [5, 5.41) is 9.89. The Morgan fingerprint density at radius 3 is 2.75 bits per heavy atom. The normalized spacial score (nSPS) is 35.1. The molecule has 2 heterocycles. The molecular weight excluding hydrogens is 323 g/mol. The Morgan fingerprint density at radius 1 is 1.38 bits per heavy atom. The zero-order valence-corrected chi connectivity index (χ0v) is 13.1. The summed E-state index contributed by atoms with van der Waals surface area (Å²) in [6.07, 6.45) is -3.85. The van der Waals surface area contributed by atoms with E-state index in [1.807, 2.05) is 6.92 Å². The first-order chi connectivity index (χ1) is 11.2. The second-order valence-corrected chi connectivity index (χ2v) is 7.10. The summed E-state index contributed by atoms with van der Waals surface area (Å²) in [5.74, 6) is 0.177. The number of carbonyl (C=O) groups is 1. The summed E-state index contributed by atoms with van der Waals surface area (Å²) >= 11 is 0. The molecule has 3 unspecified atom stereocenters. The molecule has 2 aliphatic heterocycles. The predicted molar refractivity (Wildman–Crippen MR) is 77.9 cm³/mol. The average Bonchev–Trinajstić information content (AvgIpc) is 3.01. The minimum atomic E-state index is -4.43. The maximum Gasteiger partial charge on any atom is 0.416 e. The quantitative estimate of drug-likeness (QED) is 0.789. The Hall–Kier alpha value is -1.76. The highest BCUT2D eigenvalue weighted by atomic mass is 19.4. The first-order valence-electron chi connectivity index (χ1n) is 8.08. The van der Waals surface area contributed by atoms with Gasteiger partial charge in [-0.25, -0.2) is 0 Å². The van der Waals surface area contributed by atoms with Crippen LogP contribution in [0.15, 0.2) is 18.2 Å². The Bertz CT molecular complexity index is 705. The molecule has 0 aromatic heterocycles. The van der Waals surface area contributed by atoms with Crippen molar-refractivity contribution in [3.63, 3.8) is 0 Å². The fraction of sp³-hybridized carbons (Fsp3) is 0.588. The van der Waals surface area contributed by atoms with Gasteiger partial charge < -0.3 is 14.7 Å². The molecule has 1 aromatic carbocycles. The highest BCUT2D eigenvalue weighted by Gasteiger charge is 2.61. The van der Waals surface area contributed by atoms with Crippen molar-refractivity contribution >= 4 is 5.91 Å². The van der Waals surface area contributed by atoms with Crippen LogP contribution in [-0.4, -0.2) is 28.2 Å². The van der Waals surface area contributed by atoms with Gasteiger partial charge in [0.05, 0.1) is 23.6 Å². The summed E-state index contributed by atoms with van der Waals surface area (Å²) in [6.45, 7) is 2.04. The Morgan fingerprint density at radius 2 is 2.12 bits per heavy atom. The van der Waals surface area contributed by atoms with E-state index in [0.29, 0.717) is 30.6 Å². The van der Waals surface area contributed by atoms with Crippen LogP contribution in [0.3, 0.4) is 0 Å². The van der Waals surface area contributed by atoms with Gasteiger partial charge in [-0.05, 0) is 37.5 Å². The van der Waals surface area contributed by atoms with E-state index < -0.39 is 29.5 Å². The van der Waals surface area contributed by atoms with Gasteiger partial charge in [-0.1, -0.05) is 6.92 Å². The third kappa shape index (κ3) is 2.06. The van der Waals surface area contributed by atoms with E-state index in [1.165, 1.54) is 11.0 Å². The van der Waals surface area contributed by atoms with Crippen molar-refractivity contribution in [3.05, 3.63) is 29.3 Å². The van der Waals surface area contributed by atoms with Gasteiger partial charge in [0.1, 0.15) is 5.75 Å². The Labute approximate surface area is 137 Å². The number of fused-ring (bicyclic) bond motifs is 2. The molecule has 4 nitrogen and oxygen atoms in total. The smallest absolute Gasteiger partial charge is 0.416 e. The number of aliphatic hydroxyl groups is 1. The molecule has 4 rings (SSSR count). The number of nitrogens with zero attached hydrogens (tertiary/aromatic N) is 1. The molecule has 1 spiro atoms. The van der Waals surface area contributed by atoms with Crippen molar-refractivity contribution in [1.29, 1.82) is 0 Å². The topological polar surface area (TPSA) is 49.8 Å². The van der Waals surface area contributed by atoms with Crippen LogP contribution in [0, 0.1) is 11.3 Å². The van der Waals surface area contributed by atoms with Crippen LogP contribution in [0.4, 0.5) is 13.2 Å². The minimum Gasteiger partial charge on any atom is -0.470 e. The number of benzene rings is 1. The summed E-state index contributed by atoms with van der Waals surface area (Å²) in [4.78, 5) is 14.5. The van der Waals surface area contributed by atoms with Crippen LogP contribution in [0.2, 0.25) is 0 Å². The van der Waals surface area contributed by atoms with Crippen molar-refractivity contribution < 1.29 is 27.8 Å². The molecular formula is C17H18F3NO3. The Kier molecular flexibility index (Phi) is 3.20. The molecule has 3 aliphatic rings. The molecule has 4 atom stereocenters. The molecule has 1 aromatic rings. The number of alkyl halides is 3. The lowest BCUT2D eigenvalue weighted by atomic mass is 9.76. The first kappa shape index (κ1) is 15.7. The van der Waals surface area contributed by atoms with E-state index in [-0.39, 0.29) is 18.4 Å². The largest absolute Gasteiger partial charge is 0.470 e. The Balaban J connectivity index is 1.69. The van der Waals surface area contributed by atoms with Gasteiger partial charge in [-0.3, -0.25) is 4.79 Å². The van der Waals surface area contributed by atoms with Crippen molar-refractivity contribution in [2.75, 3.05) is 0 Å². The van der Waals surface area contributed by atoms with Crippen LogP contribution in [0.1, 0.15) is 37.3 Å². The second-order valence-electron chi connectivity index (χ2n) is 7.10. The standard InChI is InChI=1S/C17H18F3NO3/c1-9-14-21(15(23)16(9)5-4-12(22)7-16)8-10-6-11(17(18,19)20)2-3-13(10)24-14/h2-3,6,9,12,14,22H,4-5,7-8H2,1H3/t9?,12?,14?,16-/m0/s1. The third-order valence-electron chi connectivity index (χ3n) is 5.79. The highest BCUT2D eigenvalue weighted by Crippen LogP contribution is 2.54. The molecule has 0 radical (unpaired) electrons. The molecule has 0 bridgehead atoms. The summed E-state index contributed by atoms with van der Waals surface area (Å²) in [5.41, 5.74) is -1.02. The van der Waals surface area contributed by atoms with Gasteiger partial charge in [0, 0.05) is 11.5 Å². The molecule has 1 N–H and O–H groups in total. The lowest BCUT2D eigenvalue weighted by Gasteiger charge is -2.34. The molecule has 130 valence electrons. The van der Waals surface area contributed by atoms with E-state index in [4.69, 9.17) is 4.74 Å². The number of ether oxygens (including phenoxy) is 1. The van der Waals surface area contributed by atoms with E-state index in [9.17, 15) is 23.1 Å². The van der Waals surface area contributed by atoms with Gasteiger partial charge >= 0.3 is 6.18 Å². The number of amides is 1. The third-order valence-corrected chi connectivity index (χ3v) is 5.79. The predicted octanol–water partition coefficient (Wildman–Crippen LogP) is 2.93. The number of rotatable bonds is 0. The lowest BCUT2D eigenvalue weighted by molar-refractivity contribution is -0.140. The van der Waals surface area contributed by atoms with Gasteiger partial charge in [0.15, 0.2) is 6.23 Å².